The Morgan fingerprint density at radius 3 is 2.31 bits per heavy atom. The van der Waals surface area contributed by atoms with Crippen LogP contribution in [0.25, 0.3) is 11.6 Å². The van der Waals surface area contributed by atoms with Crippen molar-refractivity contribution in [3.05, 3.63) is 102 Å². The van der Waals surface area contributed by atoms with Gasteiger partial charge in [0.25, 0.3) is 5.56 Å². The van der Waals surface area contributed by atoms with Crippen molar-refractivity contribution in [2.24, 2.45) is 5.73 Å². The van der Waals surface area contributed by atoms with Crippen molar-refractivity contribution >= 4 is 29.0 Å². The maximum absolute atomic E-state index is 13.5. The molecule has 6 nitrogen and oxygen atoms in total. The first-order valence-corrected chi connectivity index (χ1v) is 10.1. The molecule has 0 saturated carbocycles. The number of thiazole rings is 1. The van der Waals surface area contributed by atoms with Crippen LogP contribution in [0, 0.1) is 23.0 Å². The first-order chi connectivity index (χ1) is 15.3. The fraction of sp³-hybridized carbons (Fsp3) is 0.0870. The van der Waals surface area contributed by atoms with Crippen molar-refractivity contribution in [2.45, 2.75) is 6.04 Å². The number of hydrogen-bond acceptors (Lipinski definition) is 6. The topological polar surface area (TPSA) is 98.1 Å². The third-order valence-electron chi connectivity index (χ3n) is 5.02. The summed E-state index contributed by atoms with van der Waals surface area (Å²) in [4.78, 5) is 25.9. The number of allylic oxidation sites excluding steroid dienone is 1. The SMILES string of the molecule is COC(=O)C1=c2sc(=Cc3ccc(F)cc3)c(=O)n2C(c2ccc(F)cc2)C(C#N)=C1N. The van der Waals surface area contributed by atoms with Gasteiger partial charge in [-0.25, -0.2) is 13.6 Å². The summed E-state index contributed by atoms with van der Waals surface area (Å²) < 4.78 is 33.3. The molecule has 0 radical (unpaired) electrons. The van der Waals surface area contributed by atoms with Crippen LogP contribution < -0.4 is 20.5 Å². The highest BCUT2D eigenvalue weighted by molar-refractivity contribution is 7.07. The van der Waals surface area contributed by atoms with Gasteiger partial charge in [0.05, 0.1) is 29.0 Å². The van der Waals surface area contributed by atoms with Crippen molar-refractivity contribution in [3.63, 3.8) is 0 Å². The van der Waals surface area contributed by atoms with Crippen LogP contribution in [-0.4, -0.2) is 17.6 Å². The van der Waals surface area contributed by atoms with Crippen molar-refractivity contribution < 1.29 is 18.3 Å². The van der Waals surface area contributed by atoms with Gasteiger partial charge in [-0.1, -0.05) is 24.3 Å². The number of nitriles is 1. The summed E-state index contributed by atoms with van der Waals surface area (Å²) >= 11 is 0.996. The molecular weight excluding hydrogens is 436 g/mol. The van der Waals surface area contributed by atoms with E-state index in [0.29, 0.717) is 11.1 Å². The molecule has 160 valence electrons. The largest absolute Gasteiger partial charge is 0.465 e. The number of hydrogen-bond donors (Lipinski definition) is 1. The molecule has 1 aliphatic rings. The molecule has 0 saturated heterocycles. The molecule has 1 atom stereocenters. The normalized spacial score (nSPS) is 16.0. The van der Waals surface area contributed by atoms with Crippen LogP contribution in [-0.2, 0) is 9.53 Å². The molecule has 4 rings (SSSR count). The molecule has 3 aromatic rings. The van der Waals surface area contributed by atoms with Crippen LogP contribution in [0.3, 0.4) is 0 Å². The van der Waals surface area contributed by atoms with Gasteiger partial charge in [0, 0.05) is 0 Å². The summed E-state index contributed by atoms with van der Waals surface area (Å²) in [5, 5.41) is 9.82. The number of rotatable bonds is 3. The predicted octanol–water partition coefficient (Wildman–Crippen LogP) is 1.68. The highest BCUT2D eigenvalue weighted by Crippen LogP contribution is 2.31. The highest BCUT2D eigenvalue weighted by atomic mass is 32.1. The Labute approximate surface area is 184 Å². The number of esters is 1. The molecule has 9 heteroatoms. The summed E-state index contributed by atoms with van der Waals surface area (Å²) in [6.45, 7) is 0. The van der Waals surface area contributed by atoms with Crippen LogP contribution in [0.15, 0.2) is 64.6 Å². The zero-order valence-electron chi connectivity index (χ0n) is 16.6. The van der Waals surface area contributed by atoms with Gasteiger partial charge >= 0.3 is 5.97 Å². The second kappa shape index (κ2) is 8.24. The quantitative estimate of drug-likeness (QED) is 0.611. The Hall–Kier alpha value is -4.03. The number of methoxy groups -OCH3 is 1. The molecule has 0 aliphatic carbocycles. The van der Waals surface area contributed by atoms with Crippen LogP contribution in [0.2, 0.25) is 0 Å². The third kappa shape index (κ3) is 3.50. The van der Waals surface area contributed by atoms with E-state index in [2.05, 4.69) is 0 Å². The zero-order valence-corrected chi connectivity index (χ0v) is 17.5. The van der Waals surface area contributed by atoms with Gasteiger partial charge in [0.15, 0.2) is 0 Å². The molecule has 0 spiro atoms. The number of benzene rings is 2. The van der Waals surface area contributed by atoms with E-state index in [-0.39, 0.29) is 26.0 Å². The van der Waals surface area contributed by atoms with Crippen LogP contribution in [0.1, 0.15) is 17.2 Å². The molecular formula is C23H15F2N3O3S. The maximum atomic E-state index is 13.5. The lowest BCUT2D eigenvalue weighted by atomic mass is 9.93. The summed E-state index contributed by atoms with van der Waals surface area (Å²) in [5.74, 6) is -1.70. The lowest BCUT2D eigenvalue weighted by molar-refractivity contribution is -0.133. The lowest BCUT2D eigenvalue weighted by Crippen LogP contribution is -2.41. The molecule has 1 aliphatic heterocycles. The van der Waals surface area contributed by atoms with E-state index < -0.39 is 29.2 Å². The van der Waals surface area contributed by atoms with Crippen molar-refractivity contribution in [3.8, 4) is 6.07 Å². The standard InChI is InChI=1S/C23H15F2N3O3S/c1-31-23(30)18-19(27)16(11-26)20(13-4-8-15(25)9-5-13)28-21(29)17(32-22(18)28)10-12-2-6-14(24)7-3-12/h2-10,20H,27H2,1H3. The van der Waals surface area contributed by atoms with Crippen molar-refractivity contribution in [1.82, 2.24) is 4.57 Å². The average Bonchev–Trinajstić information content (AvgIpc) is 3.10. The summed E-state index contributed by atoms with van der Waals surface area (Å²) in [7, 11) is 1.17. The van der Waals surface area contributed by atoms with Crippen molar-refractivity contribution in [2.75, 3.05) is 7.11 Å². The van der Waals surface area contributed by atoms with Gasteiger partial charge < -0.3 is 10.5 Å². The summed E-state index contributed by atoms with van der Waals surface area (Å²) in [5.41, 5.74) is 6.50. The van der Waals surface area contributed by atoms with E-state index in [1.54, 1.807) is 6.08 Å². The van der Waals surface area contributed by atoms with Gasteiger partial charge in [0.2, 0.25) is 0 Å². The van der Waals surface area contributed by atoms with Crippen molar-refractivity contribution in [1.29, 1.82) is 5.26 Å². The van der Waals surface area contributed by atoms with E-state index in [0.717, 1.165) is 11.3 Å². The minimum absolute atomic E-state index is 0.0299. The second-order valence-electron chi connectivity index (χ2n) is 6.90. The van der Waals surface area contributed by atoms with Gasteiger partial charge in [-0.05, 0) is 41.5 Å². The Balaban J connectivity index is 2.09. The smallest absolute Gasteiger partial charge is 0.343 e. The Kier molecular flexibility index (Phi) is 5.47. The van der Waals surface area contributed by atoms with Gasteiger partial charge in [-0.3, -0.25) is 9.36 Å². The maximum Gasteiger partial charge on any atom is 0.343 e. The molecule has 1 unspecified atom stereocenters. The van der Waals surface area contributed by atoms with E-state index in [9.17, 15) is 23.6 Å². The number of nitrogens with zero attached hydrogens (tertiary/aromatic N) is 2. The monoisotopic (exact) mass is 451 g/mol. The molecule has 1 aromatic heterocycles. The minimum atomic E-state index is -0.955. The number of carbonyl (C=O) groups is 1. The van der Waals surface area contributed by atoms with Crippen LogP contribution in [0.4, 0.5) is 8.78 Å². The van der Waals surface area contributed by atoms with Gasteiger partial charge in [-0.15, -0.1) is 11.3 Å². The fourth-order valence-electron chi connectivity index (χ4n) is 3.52. The third-order valence-corrected chi connectivity index (χ3v) is 6.13. The number of aromatic nitrogens is 1. The molecule has 2 heterocycles. The molecule has 0 amide bonds. The number of carbonyl (C=O) groups excluding carboxylic acids is 1. The molecule has 0 bridgehead atoms. The average molecular weight is 451 g/mol. The summed E-state index contributed by atoms with van der Waals surface area (Å²) in [6, 6.07) is 11.9. The van der Waals surface area contributed by atoms with E-state index in [1.165, 1.54) is 60.2 Å². The number of halogens is 2. The first kappa shape index (κ1) is 21.2. The predicted molar refractivity (Wildman–Crippen MR) is 115 cm³/mol. The minimum Gasteiger partial charge on any atom is -0.465 e. The summed E-state index contributed by atoms with van der Waals surface area (Å²) in [6.07, 6.45) is 1.55. The zero-order chi connectivity index (χ0) is 23.0. The van der Waals surface area contributed by atoms with Gasteiger partial charge in [0.1, 0.15) is 27.9 Å². The van der Waals surface area contributed by atoms with Crippen LogP contribution >= 0.6 is 11.3 Å². The first-order valence-electron chi connectivity index (χ1n) is 9.32. The molecule has 32 heavy (non-hydrogen) atoms. The molecule has 2 N–H and O–H groups in total. The molecule has 0 fully saturated rings. The van der Waals surface area contributed by atoms with Gasteiger partial charge in [-0.2, -0.15) is 5.26 Å². The number of ether oxygens (including phenoxy) is 1. The number of fused-ring (bicyclic) bond motifs is 1. The molecule has 2 aromatic carbocycles. The Morgan fingerprint density at radius 1 is 1.16 bits per heavy atom. The van der Waals surface area contributed by atoms with Crippen LogP contribution in [0.5, 0.6) is 0 Å². The second-order valence-corrected chi connectivity index (χ2v) is 7.93. The Bertz CT molecular complexity index is 1480. The van der Waals surface area contributed by atoms with E-state index in [4.69, 9.17) is 10.5 Å². The lowest BCUT2D eigenvalue weighted by Gasteiger charge is -2.24. The highest BCUT2D eigenvalue weighted by Gasteiger charge is 2.34. The van der Waals surface area contributed by atoms with E-state index >= 15 is 0 Å². The fourth-order valence-corrected chi connectivity index (χ4v) is 4.69. The number of nitrogens with two attached hydrogens (primary N) is 1. The Morgan fingerprint density at radius 2 is 1.75 bits per heavy atom. The van der Waals surface area contributed by atoms with E-state index in [1.807, 2.05) is 6.07 Å².